The van der Waals surface area contributed by atoms with Crippen molar-refractivity contribution in [2.75, 3.05) is 6.61 Å². The highest BCUT2D eigenvalue weighted by Crippen LogP contribution is 2.17. The monoisotopic (exact) mass is 154 g/mol. The van der Waals surface area contributed by atoms with Gasteiger partial charge in [0, 0.05) is 6.42 Å². The molecule has 0 aromatic rings. The number of hydrogen-bond acceptors (Lipinski definition) is 2. The molecule has 0 aromatic carbocycles. The number of allylic oxidation sites excluding steroid dienone is 2. The van der Waals surface area contributed by atoms with Gasteiger partial charge >= 0.3 is 5.97 Å². The van der Waals surface area contributed by atoms with E-state index in [-0.39, 0.29) is 5.97 Å². The molecule has 0 aliphatic heterocycles. The average molecular weight is 154 g/mol. The third kappa shape index (κ3) is 2.74. The van der Waals surface area contributed by atoms with Crippen molar-refractivity contribution in [1.29, 1.82) is 0 Å². The molecule has 62 valence electrons. The zero-order valence-electron chi connectivity index (χ0n) is 6.88. The van der Waals surface area contributed by atoms with Gasteiger partial charge in [0.05, 0.1) is 6.61 Å². The standard InChI is InChI=1S/C9H14O2/c1-2-9(10)11-7-8-5-3-4-6-8/h3-4,8H,2,5-7H2,1H3. The second kappa shape index (κ2) is 4.16. The Morgan fingerprint density at radius 3 is 2.73 bits per heavy atom. The van der Waals surface area contributed by atoms with Gasteiger partial charge in [-0.25, -0.2) is 0 Å². The van der Waals surface area contributed by atoms with E-state index in [4.69, 9.17) is 4.74 Å². The SMILES string of the molecule is CCC(=O)OCC1CC=CC1. The summed E-state index contributed by atoms with van der Waals surface area (Å²) in [5, 5.41) is 0. The van der Waals surface area contributed by atoms with Gasteiger partial charge in [0.15, 0.2) is 0 Å². The fourth-order valence-corrected chi connectivity index (χ4v) is 1.12. The zero-order chi connectivity index (χ0) is 8.10. The van der Waals surface area contributed by atoms with E-state index in [9.17, 15) is 4.79 Å². The fourth-order valence-electron chi connectivity index (χ4n) is 1.12. The lowest BCUT2D eigenvalue weighted by atomic mass is 10.1. The quantitative estimate of drug-likeness (QED) is 0.458. The molecule has 0 saturated heterocycles. The molecule has 0 spiro atoms. The van der Waals surface area contributed by atoms with Crippen molar-refractivity contribution >= 4 is 5.97 Å². The number of rotatable bonds is 3. The molecule has 0 atom stereocenters. The summed E-state index contributed by atoms with van der Waals surface area (Å²) in [6.07, 6.45) is 6.91. The molecule has 0 radical (unpaired) electrons. The Balaban J connectivity index is 2.07. The number of hydrogen-bond donors (Lipinski definition) is 0. The van der Waals surface area contributed by atoms with Crippen LogP contribution in [-0.2, 0) is 9.53 Å². The van der Waals surface area contributed by atoms with E-state index in [1.54, 1.807) is 0 Å². The molecule has 0 N–H and O–H groups in total. The minimum Gasteiger partial charge on any atom is -0.465 e. The first-order valence-corrected chi connectivity index (χ1v) is 4.13. The van der Waals surface area contributed by atoms with Gasteiger partial charge in [-0.05, 0) is 18.8 Å². The van der Waals surface area contributed by atoms with Crippen LogP contribution in [0.15, 0.2) is 12.2 Å². The van der Waals surface area contributed by atoms with Gasteiger partial charge in [-0.1, -0.05) is 19.1 Å². The third-order valence-corrected chi connectivity index (χ3v) is 1.87. The van der Waals surface area contributed by atoms with Gasteiger partial charge in [0.25, 0.3) is 0 Å². The number of esters is 1. The van der Waals surface area contributed by atoms with Crippen molar-refractivity contribution in [3.05, 3.63) is 12.2 Å². The van der Waals surface area contributed by atoms with Crippen molar-refractivity contribution in [2.24, 2.45) is 5.92 Å². The first-order valence-electron chi connectivity index (χ1n) is 4.13. The van der Waals surface area contributed by atoms with Crippen LogP contribution in [0.1, 0.15) is 26.2 Å². The summed E-state index contributed by atoms with van der Waals surface area (Å²) in [6.45, 7) is 2.41. The number of ether oxygens (including phenoxy) is 1. The Hall–Kier alpha value is -0.790. The van der Waals surface area contributed by atoms with E-state index < -0.39 is 0 Å². The normalized spacial score (nSPS) is 17.2. The number of carbonyl (C=O) groups excluding carboxylic acids is 1. The van der Waals surface area contributed by atoms with Gasteiger partial charge < -0.3 is 4.74 Å². The average Bonchev–Trinajstić information content (AvgIpc) is 2.52. The Bertz CT molecular complexity index is 153. The molecule has 0 unspecified atom stereocenters. The van der Waals surface area contributed by atoms with E-state index in [0.717, 1.165) is 12.8 Å². The summed E-state index contributed by atoms with van der Waals surface area (Å²) in [7, 11) is 0. The van der Waals surface area contributed by atoms with Crippen molar-refractivity contribution in [2.45, 2.75) is 26.2 Å². The molecular weight excluding hydrogens is 140 g/mol. The van der Waals surface area contributed by atoms with E-state index in [0.29, 0.717) is 18.9 Å². The predicted octanol–water partition coefficient (Wildman–Crippen LogP) is 1.91. The van der Waals surface area contributed by atoms with Crippen molar-refractivity contribution in [1.82, 2.24) is 0 Å². The predicted molar refractivity (Wildman–Crippen MR) is 43.1 cm³/mol. The van der Waals surface area contributed by atoms with Gasteiger partial charge in [-0.2, -0.15) is 0 Å². The van der Waals surface area contributed by atoms with Crippen LogP contribution in [0.5, 0.6) is 0 Å². The van der Waals surface area contributed by atoms with Gasteiger partial charge in [0.2, 0.25) is 0 Å². The fraction of sp³-hybridized carbons (Fsp3) is 0.667. The van der Waals surface area contributed by atoms with E-state index in [1.165, 1.54) is 0 Å². The molecule has 1 rings (SSSR count). The van der Waals surface area contributed by atoms with Crippen LogP contribution in [0.3, 0.4) is 0 Å². The molecule has 0 saturated carbocycles. The van der Waals surface area contributed by atoms with Crippen molar-refractivity contribution < 1.29 is 9.53 Å². The first kappa shape index (κ1) is 8.31. The van der Waals surface area contributed by atoms with Gasteiger partial charge in [0.1, 0.15) is 0 Å². The lowest BCUT2D eigenvalue weighted by molar-refractivity contribution is -0.144. The summed E-state index contributed by atoms with van der Waals surface area (Å²) >= 11 is 0. The number of carbonyl (C=O) groups is 1. The van der Waals surface area contributed by atoms with Crippen LogP contribution < -0.4 is 0 Å². The highest BCUT2D eigenvalue weighted by molar-refractivity contribution is 5.68. The molecule has 0 fully saturated rings. The maximum Gasteiger partial charge on any atom is 0.305 e. The van der Waals surface area contributed by atoms with Crippen LogP contribution in [0.2, 0.25) is 0 Å². The summed E-state index contributed by atoms with van der Waals surface area (Å²) in [5.74, 6) is 0.461. The molecule has 0 bridgehead atoms. The summed E-state index contributed by atoms with van der Waals surface area (Å²) < 4.78 is 5.00. The van der Waals surface area contributed by atoms with Crippen LogP contribution >= 0.6 is 0 Å². The molecule has 2 heteroatoms. The lowest BCUT2D eigenvalue weighted by Crippen LogP contribution is -2.10. The van der Waals surface area contributed by atoms with Crippen molar-refractivity contribution in [3.8, 4) is 0 Å². The first-order chi connectivity index (χ1) is 5.33. The smallest absolute Gasteiger partial charge is 0.305 e. The zero-order valence-corrected chi connectivity index (χ0v) is 6.88. The largest absolute Gasteiger partial charge is 0.465 e. The Kier molecular flexibility index (Phi) is 3.14. The Morgan fingerprint density at radius 2 is 2.18 bits per heavy atom. The van der Waals surface area contributed by atoms with Crippen LogP contribution in [-0.4, -0.2) is 12.6 Å². The van der Waals surface area contributed by atoms with Crippen LogP contribution in [0.25, 0.3) is 0 Å². The molecule has 11 heavy (non-hydrogen) atoms. The maximum atomic E-state index is 10.7. The molecule has 2 nitrogen and oxygen atoms in total. The maximum absolute atomic E-state index is 10.7. The van der Waals surface area contributed by atoms with Crippen molar-refractivity contribution in [3.63, 3.8) is 0 Å². The lowest BCUT2D eigenvalue weighted by Gasteiger charge is -2.08. The van der Waals surface area contributed by atoms with E-state index in [2.05, 4.69) is 12.2 Å². The second-order valence-electron chi connectivity index (χ2n) is 2.85. The van der Waals surface area contributed by atoms with E-state index >= 15 is 0 Å². The van der Waals surface area contributed by atoms with E-state index in [1.807, 2.05) is 6.92 Å². The summed E-state index contributed by atoms with van der Waals surface area (Å²) in [4.78, 5) is 10.7. The molecular formula is C9H14O2. The highest BCUT2D eigenvalue weighted by Gasteiger charge is 2.11. The topological polar surface area (TPSA) is 26.3 Å². The molecule has 0 aromatic heterocycles. The summed E-state index contributed by atoms with van der Waals surface area (Å²) in [5.41, 5.74) is 0. The molecule has 0 heterocycles. The van der Waals surface area contributed by atoms with Gasteiger partial charge in [-0.3, -0.25) is 4.79 Å². The Labute approximate surface area is 67.2 Å². The van der Waals surface area contributed by atoms with Gasteiger partial charge in [-0.15, -0.1) is 0 Å². The second-order valence-corrected chi connectivity index (χ2v) is 2.85. The van der Waals surface area contributed by atoms with Crippen LogP contribution in [0.4, 0.5) is 0 Å². The Morgan fingerprint density at radius 1 is 1.55 bits per heavy atom. The highest BCUT2D eigenvalue weighted by atomic mass is 16.5. The minimum atomic E-state index is -0.0862. The van der Waals surface area contributed by atoms with Crippen LogP contribution in [0, 0.1) is 5.92 Å². The molecule has 1 aliphatic carbocycles. The minimum absolute atomic E-state index is 0.0862. The summed E-state index contributed by atoms with van der Waals surface area (Å²) in [6, 6.07) is 0. The molecule has 0 amide bonds. The third-order valence-electron chi connectivity index (χ3n) is 1.87. The molecule has 1 aliphatic rings.